The fraction of sp³-hybridized carbons (Fsp3) is 0.615. The van der Waals surface area contributed by atoms with Crippen LogP contribution in [0.2, 0.25) is 0 Å². The molecule has 0 spiro atoms. The topological polar surface area (TPSA) is 38.3 Å². The van der Waals surface area contributed by atoms with Crippen molar-refractivity contribution in [3.8, 4) is 0 Å². The number of hydrogen-bond acceptors (Lipinski definition) is 4. The molecule has 0 radical (unpaired) electrons. The van der Waals surface area contributed by atoms with Crippen molar-refractivity contribution < 1.29 is 9.53 Å². The van der Waals surface area contributed by atoms with E-state index in [-0.39, 0.29) is 12.4 Å². The first-order valence-electron chi connectivity index (χ1n) is 6.21. The smallest absolute Gasteiger partial charge is 0.198 e. The summed E-state index contributed by atoms with van der Waals surface area (Å²) in [6.07, 6.45) is 3.61. The molecule has 1 aliphatic rings. The van der Waals surface area contributed by atoms with Crippen LogP contribution in [0.5, 0.6) is 0 Å². The summed E-state index contributed by atoms with van der Waals surface area (Å²) in [5.74, 6) is 0.822. The summed E-state index contributed by atoms with van der Waals surface area (Å²) >= 11 is 1.48. The van der Waals surface area contributed by atoms with Gasteiger partial charge in [-0.15, -0.1) is 11.3 Å². The van der Waals surface area contributed by atoms with Crippen molar-refractivity contribution in [2.24, 2.45) is 5.92 Å². The first kappa shape index (κ1) is 12.7. The molecule has 0 bridgehead atoms. The van der Waals surface area contributed by atoms with Gasteiger partial charge in [-0.25, -0.2) is 0 Å². The first-order chi connectivity index (χ1) is 8.36. The number of thiophene rings is 1. The van der Waals surface area contributed by atoms with Gasteiger partial charge in [0.05, 0.1) is 4.88 Å². The number of ketones is 1. The van der Waals surface area contributed by atoms with E-state index in [4.69, 9.17) is 4.74 Å². The van der Waals surface area contributed by atoms with Gasteiger partial charge in [-0.3, -0.25) is 4.79 Å². The Morgan fingerprint density at radius 3 is 3.24 bits per heavy atom. The molecule has 1 atom stereocenters. The van der Waals surface area contributed by atoms with Gasteiger partial charge >= 0.3 is 0 Å². The summed E-state index contributed by atoms with van der Waals surface area (Å²) < 4.78 is 5.45. The Morgan fingerprint density at radius 2 is 2.53 bits per heavy atom. The molecule has 0 aromatic carbocycles. The van der Waals surface area contributed by atoms with Crippen LogP contribution in [0.25, 0.3) is 0 Å². The summed E-state index contributed by atoms with van der Waals surface area (Å²) in [7, 11) is 0. The van der Waals surface area contributed by atoms with E-state index >= 15 is 0 Å². The third kappa shape index (κ3) is 4.22. The van der Waals surface area contributed by atoms with Gasteiger partial charge in [-0.05, 0) is 49.7 Å². The fourth-order valence-electron chi connectivity index (χ4n) is 2.09. The van der Waals surface area contributed by atoms with Gasteiger partial charge in [-0.1, -0.05) is 6.07 Å². The largest absolute Gasteiger partial charge is 0.373 e. The zero-order valence-electron chi connectivity index (χ0n) is 9.98. The number of hydrogen-bond donors (Lipinski definition) is 1. The average molecular weight is 253 g/mol. The zero-order chi connectivity index (χ0) is 11.9. The molecule has 0 amide bonds. The van der Waals surface area contributed by atoms with E-state index in [1.807, 2.05) is 17.5 Å². The predicted molar refractivity (Wildman–Crippen MR) is 69.7 cm³/mol. The van der Waals surface area contributed by atoms with Crippen molar-refractivity contribution in [1.29, 1.82) is 0 Å². The van der Waals surface area contributed by atoms with E-state index in [1.54, 1.807) is 0 Å². The van der Waals surface area contributed by atoms with Crippen molar-refractivity contribution in [2.45, 2.75) is 19.3 Å². The molecule has 1 saturated heterocycles. The van der Waals surface area contributed by atoms with Crippen molar-refractivity contribution in [3.63, 3.8) is 0 Å². The molecule has 2 rings (SSSR count). The van der Waals surface area contributed by atoms with Crippen LogP contribution >= 0.6 is 11.3 Å². The number of Topliss-reactive ketones (excluding diaryl/α,β-unsaturated/α-hetero) is 1. The van der Waals surface area contributed by atoms with Gasteiger partial charge in [-0.2, -0.15) is 0 Å². The van der Waals surface area contributed by atoms with Crippen LogP contribution in [0.3, 0.4) is 0 Å². The third-order valence-electron chi connectivity index (χ3n) is 3.10. The SMILES string of the molecule is O=C(COCC[C@@H]1CCCNC1)c1cccs1. The molecule has 0 unspecified atom stereocenters. The zero-order valence-corrected chi connectivity index (χ0v) is 10.8. The second-order valence-corrected chi connectivity index (χ2v) is 5.40. The summed E-state index contributed by atoms with van der Waals surface area (Å²) in [6, 6.07) is 3.74. The molecule has 4 heteroatoms. The van der Waals surface area contributed by atoms with Gasteiger partial charge < -0.3 is 10.1 Å². The van der Waals surface area contributed by atoms with E-state index in [0.29, 0.717) is 6.61 Å². The lowest BCUT2D eigenvalue weighted by Gasteiger charge is -2.22. The standard InChI is InChI=1S/C13H19NO2S/c15-12(13-4-2-8-17-13)10-16-7-5-11-3-1-6-14-9-11/h2,4,8,11,14H,1,3,5-7,9-10H2/t11-/m0/s1. The van der Waals surface area contributed by atoms with Crippen LogP contribution in [-0.4, -0.2) is 32.1 Å². The maximum atomic E-state index is 11.6. The van der Waals surface area contributed by atoms with E-state index in [1.165, 1.54) is 24.2 Å². The highest BCUT2D eigenvalue weighted by Crippen LogP contribution is 2.14. The number of carbonyl (C=O) groups is 1. The molecule has 0 saturated carbocycles. The normalized spacial score (nSPS) is 20.4. The van der Waals surface area contributed by atoms with Crippen LogP contribution in [0.4, 0.5) is 0 Å². The Labute approximate surface area is 106 Å². The van der Waals surface area contributed by atoms with Crippen LogP contribution in [-0.2, 0) is 4.74 Å². The molecule has 1 aliphatic heterocycles. The third-order valence-corrected chi connectivity index (χ3v) is 4.01. The maximum Gasteiger partial charge on any atom is 0.198 e. The number of ether oxygens (including phenoxy) is 1. The molecule has 1 N–H and O–H groups in total. The molecular formula is C13H19NO2S. The first-order valence-corrected chi connectivity index (χ1v) is 7.09. The lowest BCUT2D eigenvalue weighted by molar-refractivity contribution is 0.0729. The summed E-state index contributed by atoms with van der Waals surface area (Å²) in [5, 5.41) is 5.30. The lowest BCUT2D eigenvalue weighted by Crippen LogP contribution is -2.30. The second kappa shape index (κ2) is 6.89. The second-order valence-electron chi connectivity index (χ2n) is 4.45. The number of nitrogens with one attached hydrogen (secondary N) is 1. The highest BCUT2D eigenvalue weighted by atomic mass is 32.1. The Bertz CT molecular complexity index is 331. The molecule has 1 fully saturated rings. The molecule has 2 heterocycles. The monoisotopic (exact) mass is 253 g/mol. The van der Waals surface area contributed by atoms with Crippen molar-refractivity contribution >= 4 is 17.1 Å². The number of rotatable bonds is 6. The van der Waals surface area contributed by atoms with Crippen molar-refractivity contribution in [3.05, 3.63) is 22.4 Å². The molecular weight excluding hydrogens is 234 g/mol. The van der Waals surface area contributed by atoms with Gasteiger partial charge in [0.1, 0.15) is 6.61 Å². The Balaban J connectivity index is 1.58. The van der Waals surface area contributed by atoms with Crippen molar-refractivity contribution in [1.82, 2.24) is 5.32 Å². The highest BCUT2D eigenvalue weighted by Gasteiger charge is 2.13. The van der Waals surface area contributed by atoms with Gasteiger partial charge in [0.25, 0.3) is 0 Å². The maximum absolute atomic E-state index is 11.6. The minimum absolute atomic E-state index is 0.0989. The summed E-state index contributed by atoms with van der Waals surface area (Å²) in [6.45, 7) is 3.17. The quantitative estimate of drug-likeness (QED) is 0.624. The van der Waals surface area contributed by atoms with Gasteiger partial charge in [0.2, 0.25) is 0 Å². The Kier molecular flexibility index (Phi) is 5.16. The van der Waals surface area contributed by atoms with Crippen LogP contribution in [0, 0.1) is 5.92 Å². The van der Waals surface area contributed by atoms with E-state index in [2.05, 4.69) is 5.32 Å². The molecule has 1 aromatic heterocycles. The fourth-order valence-corrected chi connectivity index (χ4v) is 2.74. The molecule has 1 aromatic rings. The van der Waals surface area contributed by atoms with E-state index in [0.717, 1.165) is 30.3 Å². The van der Waals surface area contributed by atoms with Crippen LogP contribution in [0.15, 0.2) is 17.5 Å². The minimum Gasteiger partial charge on any atom is -0.373 e. The molecule has 0 aliphatic carbocycles. The van der Waals surface area contributed by atoms with E-state index in [9.17, 15) is 4.79 Å². The molecule has 17 heavy (non-hydrogen) atoms. The Morgan fingerprint density at radius 1 is 1.59 bits per heavy atom. The molecule has 3 nitrogen and oxygen atoms in total. The Hall–Kier alpha value is -0.710. The number of carbonyl (C=O) groups excluding carboxylic acids is 1. The number of piperidine rings is 1. The van der Waals surface area contributed by atoms with Crippen molar-refractivity contribution in [2.75, 3.05) is 26.3 Å². The molecule has 94 valence electrons. The summed E-state index contributed by atoms with van der Waals surface area (Å²) in [4.78, 5) is 12.4. The van der Waals surface area contributed by atoms with Gasteiger partial charge in [0.15, 0.2) is 5.78 Å². The van der Waals surface area contributed by atoms with E-state index < -0.39 is 0 Å². The van der Waals surface area contributed by atoms with Gasteiger partial charge in [0, 0.05) is 6.61 Å². The summed E-state index contributed by atoms with van der Waals surface area (Å²) in [5.41, 5.74) is 0. The lowest BCUT2D eigenvalue weighted by atomic mass is 9.97. The minimum atomic E-state index is 0.0989. The average Bonchev–Trinajstić information content (AvgIpc) is 2.89. The predicted octanol–water partition coefficient (Wildman–Crippen LogP) is 2.34. The van der Waals surface area contributed by atoms with Crippen LogP contribution < -0.4 is 5.32 Å². The highest BCUT2D eigenvalue weighted by molar-refractivity contribution is 7.12. The van der Waals surface area contributed by atoms with Crippen LogP contribution in [0.1, 0.15) is 28.9 Å².